The Balaban J connectivity index is 1.88. The fraction of sp³-hybridized carbons (Fsp3) is 0.333. The van der Waals surface area contributed by atoms with E-state index in [1.54, 1.807) is 47.4 Å². The van der Waals surface area contributed by atoms with Gasteiger partial charge in [0.2, 0.25) is 21.8 Å². The first-order valence-electron chi connectivity index (χ1n) is 13.3. The summed E-state index contributed by atoms with van der Waals surface area (Å²) in [6.07, 6.45) is 2.43. The van der Waals surface area contributed by atoms with Crippen LogP contribution in [-0.2, 0) is 32.6 Å². The van der Waals surface area contributed by atoms with Crippen molar-refractivity contribution in [1.29, 1.82) is 0 Å². The summed E-state index contributed by atoms with van der Waals surface area (Å²) < 4.78 is 26.3. The molecule has 0 saturated carbocycles. The molecule has 3 aromatic rings. The number of carbonyl (C=O) groups is 2. The van der Waals surface area contributed by atoms with E-state index in [0.717, 1.165) is 18.2 Å². The monoisotopic (exact) mass is 637 g/mol. The second-order valence-electron chi connectivity index (χ2n) is 9.68. The van der Waals surface area contributed by atoms with Crippen LogP contribution in [0, 0.1) is 0 Å². The van der Waals surface area contributed by atoms with Gasteiger partial charge in [-0.1, -0.05) is 78.1 Å². The zero-order valence-electron chi connectivity index (χ0n) is 23.0. The first-order chi connectivity index (χ1) is 19.5. The third-order valence-electron chi connectivity index (χ3n) is 6.42. The van der Waals surface area contributed by atoms with Gasteiger partial charge in [-0.25, -0.2) is 8.42 Å². The van der Waals surface area contributed by atoms with Crippen molar-refractivity contribution >= 4 is 62.3 Å². The summed E-state index contributed by atoms with van der Waals surface area (Å²) in [6, 6.07) is 20.3. The molecule has 1 atom stereocenters. The largest absolute Gasteiger partial charge is 0.354 e. The van der Waals surface area contributed by atoms with Gasteiger partial charge in [-0.3, -0.25) is 13.9 Å². The highest BCUT2D eigenvalue weighted by Crippen LogP contribution is 2.25. The summed E-state index contributed by atoms with van der Waals surface area (Å²) >= 11 is 18.3. The summed E-state index contributed by atoms with van der Waals surface area (Å²) in [5.41, 5.74) is 2.08. The molecule has 0 spiro atoms. The average molecular weight is 639 g/mol. The van der Waals surface area contributed by atoms with Crippen LogP contribution in [0.3, 0.4) is 0 Å². The average Bonchev–Trinajstić information content (AvgIpc) is 2.94. The van der Waals surface area contributed by atoms with Crippen LogP contribution >= 0.6 is 34.8 Å². The van der Waals surface area contributed by atoms with Crippen LogP contribution in [0.4, 0.5) is 5.69 Å². The molecule has 1 N–H and O–H groups in total. The van der Waals surface area contributed by atoms with E-state index in [2.05, 4.69) is 5.32 Å². The predicted molar refractivity (Wildman–Crippen MR) is 167 cm³/mol. The molecule has 7 nitrogen and oxygen atoms in total. The molecule has 0 aliphatic heterocycles. The molecule has 2 amide bonds. The molecule has 0 aromatic heterocycles. The van der Waals surface area contributed by atoms with E-state index in [1.807, 2.05) is 37.3 Å². The van der Waals surface area contributed by atoms with Gasteiger partial charge < -0.3 is 10.2 Å². The van der Waals surface area contributed by atoms with Crippen LogP contribution in [0.25, 0.3) is 0 Å². The maximum Gasteiger partial charge on any atom is 0.243 e. The smallest absolute Gasteiger partial charge is 0.243 e. The molecule has 41 heavy (non-hydrogen) atoms. The maximum atomic E-state index is 13.8. The van der Waals surface area contributed by atoms with Gasteiger partial charge in [-0.05, 0) is 60.4 Å². The van der Waals surface area contributed by atoms with Crippen molar-refractivity contribution in [2.45, 2.75) is 45.2 Å². The molecule has 3 rings (SSSR count). The van der Waals surface area contributed by atoms with Crippen LogP contribution in [0.5, 0.6) is 0 Å². The Morgan fingerprint density at radius 2 is 1.59 bits per heavy atom. The second kappa shape index (κ2) is 15.4. The molecule has 0 aliphatic rings. The van der Waals surface area contributed by atoms with E-state index < -0.39 is 16.1 Å². The third kappa shape index (κ3) is 9.92. The quantitative estimate of drug-likeness (QED) is 0.223. The molecule has 3 aromatic carbocycles. The lowest BCUT2D eigenvalue weighted by atomic mass is 10.0. The minimum atomic E-state index is -3.61. The summed E-state index contributed by atoms with van der Waals surface area (Å²) in [7, 11) is -3.61. The number of nitrogens with one attached hydrogen (secondary N) is 1. The van der Waals surface area contributed by atoms with Gasteiger partial charge in [-0.2, -0.15) is 0 Å². The SMILES string of the molecule is CCCNC(=O)C(Cc1ccccc1)N(Cc1ccc(Cl)c(Cl)c1)C(=O)CCCN(c1ccc(Cl)cc1)S(C)(=O)=O. The van der Waals surface area contributed by atoms with E-state index in [1.165, 1.54) is 4.31 Å². The molecule has 0 bridgehead atoms. The summed E-state index contributed by atoms with van der Waals surface area (Å²) in [4.78, 5) is 28.8. The van der Waals surface area contributed by atoms with Crippen molar-refractivity contribution in [3.05, 3.63) is 99.0 Å². The Hall–Kier alpha value is -2.78. The number of anilines is 1. The third-order valence-corrected chi connectivity index (χ3v) is 8.61. The minimum absolute atomic E-state index is 0.0211. The fourth-order valence-corrected chi connectivity index (χ4v) is 5.78. The molecule has 0 radical (unpaired) electrons. The van der Waals surface area contributed by atoms with Crippen LogP contribution in [0.15, 0.2) is 72.8 Å². The second-order valence-corrected chi connectivity index (χ2v) is 12.8. The topological polar surface area (TPSA) is 86.8 Å². The highest BCUT2D eigenvalue weighted by molar-refractivity contribution is 7.92. The zero-order valence-corrected chi connectivity index (χ0v) is 26.1. The lowest BCUT2D eigenvalue weighted by Crippen LogP contribution is -2.50. The summed E-state index contributed by atoms with van der Waals surface area (Å²) in [6.45, 7) is 2.64. The lowest BCUT2D eigenvalue weighted by molar-refractivity contribution is -0.141. The van der Waals surface area contributed by atoms with Crippen LogP contribution in [0.1, 0.15) is 37.3 Å². The molecule has 11 heteroatoms. The van der Waals surface area contributed by atoms with Gasteiger partial charge in [0.1, 0.15) is 6.04 Å². The number of benzene rings is 3. The van der Waals surface area contributed by atoms with Gasteiger partial charge >= 0.3 is 0 Å². The number of amides is 2. The molecule has 0 fully saturated rings. The van der Waals surface area contributed by atoms with Gasteiger partial charge in [0.15, 0.2) is 0 Å². The Morgan fingerprint density at radius 1 is 0.902 bits per heavy atom. The number of sulfonamides is 1. The van der Waals surface area contributed by atoms with Gasteiger partial charge in [0.05, 0.1) is 22.0 Å². The summed E-state index contributed by atoms with van der Waals surface area (Å²) in [5, 5.41) is 4.16. The highest BCUT2D eigenvalue weighted by Gasteiger charge is 2.30. The van der Waals surface area contributed by atoms with E-state index in [-0.39, 0.29) is 37.7 Å². The lowest BCUT2D eigenvalue weighted by Gasteiger charge is -2.32. The first kappa shape index (κ1) is 32.7. The van der Waals surface area contributed by atoms with Crippen LogP contribution in [-0.4, -0.2) is 50.5 Å². The van der Waals surface area contributed by atoms with Crippen molar-refractivity contribution in [2.24, 2.45) is 0 Å². The zero-order chi connectivity index (χ0) is 30.0. The highest BCUT2D eigenvalue weighted by atomic mass is 35.5. The fourth-order valence-electron chi connectivity index (χ4n) is 4.37. The van der Waals surface area contributed by atoms with E-state index in [9.17, 15) is 18.0 Å². The normalized spacial score (nSPS) is 12.0. The molecule has 1 unspecified atom stereocenters. The van der Waals surface area contributed by atoms with Gasteiger partial charge in [0.25, 0.3) is 0 Å². The van der Waals surface area contributed by atoms with E-state index >= 15 is 0 Å². The number of nitrogens with zero attached hydrogens (tertiary/aromatic N) is 2. The van der Waals surface area contributed by atoms with Gasteiger partial charge in [0, 0.05) is 37.5 Å². The van der Waals surface area contributed by atoms with Crippen molar-refractivity contribution in [3.63, 3.8) is 0 Å². The molecular weight excluding hydrogens is 605 g/mol. The van der Waals surface area contributed by atoms with Crippen molar-refractivity contribution in [1.82, 2.24) is 10.2 Å². The molecule has 0 saturated heterocycles. The first-order valence-corrected chi connectivity index (χ1v) is 16.3. The van der Waals surface area contributed by atoms with Crippen molar-refractivity contribution in [2.75, 3.05) is 23.7 Å². The molecule has 0 aliphatic carbocycles. The van der Waals surface area contributed by atoms with Crippen LogP contribution in [0.2, 0.25) is 15.1 Å². The molecule has 220 valence electrons. The predicted octanol–water partition coefficient (Wildman–Crippen LogP) is 6.36. The minimum Gasteiger partial charge on any atom is -0.354 e. The Morgan fingerprint density at radius 3 is 2.20 bits per heavy atom. The Bertz CT molecular complexity index is 1420. The van der Waals surface area contributed by atoms with E-state index in [0.29, 0.717) is 39.3 Å². The molecular formula is C30H34Cl3N3O4S. The molecule has 0 heterocycles. The Kier molecular flexibility index (Phi) is 12.3. The Labute approximate surface area is 257 Å². The number of hydrogen-bond acceptors (Lipinski definition) is 4. The van der Waals surface area contributed by atoms with Crippen molar-refractivity contribution < 1.29 is 18.0 Å². The maximum absolute atomic E-state index is 13.8. The number of hydrogen-bond donors (Lipinski definition) is 1. The number of halogens is 3. The van der Waals surface area contributed by atoms with Crippen LogP contribution < -0.4 is 9.62 Å². The van der Waals surface area contributed by atoms with Crippen molar-refractivity contribution in [3.8, 4) is 0 Å². The van der Waals surface area contributed by atoms with E-state index in [4.69, 9.17) is 34.8 Å². The number of carbonyl (C=O) groups excluding carboxylic acids is 2. The van der Waals surface area contributed by atoms with Gasteiger partial charge in [-0.15, -0.1) is 0 Å². The number of rotatable bonds is 14. The summed E-state index contributed by atoms with van der Waals surface area (Å²) in [5.74, 6) is -0.545. The standard InChI is InChI=1S/C30H34Cl3N3O4S/c1-3-17-34-30(38)28(20-22-8-5-4-6-9-22)35(21-23-11-16-26(32)27(33)19-23)29(37)10-7-18-36(41(2,39)40)25-14-12-24(31)13-15-25/h4-6,8-9,11-16,19,28H,3,7,10,17-18,20-21H2,1-2H3,(H,34,38).